The molecule has 1 saturated heterocycles. The van der Waals surface area contributed by atoms with Gasteiger partial charge in [-0.05, 0) is 25.8 Å². The lowest BCUT2D eigenvalue weighted by molar-refractivity contribution is -0.119. The number of carbonyl (C=O) groups is 1. The van der Waals surface area contributed by atoms with Crippen LogP contribution in [0.25, 0.3) is 0 Å². The first-order valence-corrected chi connectivity index (χ1v) is 4.64. The van der Waals surface area contributed by atoms with Gasteiger partial charge in [-0.15, -0.1) is 0 Å². The molecule has 0 spiro atoms. The van der Waals surface area contributed by atoms with Crippen molar-refractivity contribution in [3.05, 3.63) is 0 Å². The normalized spacial score (nSPS) is 23.6. The molecule has 1 N–H and O–H groups in total. The predicted octanol–water partition coefficient (Wildman–Crippen LogP) is 1.14. The Hall–Kier alpha value is -0.700. The highest BCUT2D eigenvalue weighted by Gasteiger charge is 2.20. The molecular formula is C9H16N2O. The highest BCUT2D eigenvalue weighted by molar-refractivity contribution is 5.89. The van der Waals surface area contributed by atoms with E-state index in [1.54, 1.807) is 6.21 Å². The van der Waals surface area contributed by atoms with Crippen LogP contribution in [0.2, 0.25) is 0 Å². The summed E-state index contributed by atoms with van der Waals surface area (Å²) in [7, 11) is 0. The average Bonchev–Trinajstić information content (AvgIpc) is 2.56. The van der Waals surface area contributed by atoms with Gasteiger partial charge in [-0.1, -0.05) is 13.3 Å². The molecule has 1 amide bonds. The summed E-state index contributed by atoms with van der Waals surface area (Å²) in [6, 6.07) is -0.00175. The lowest BCUT2D eigenvalue weighted by atomic mass is 10.2. The molecule has 3 nitrogen and oxygen atoms in total. The van der Waals surface area contributed by atoms with E-state index in [0.29, 0.717) is 0 Å². The summed E-state index contributed by atoms with van der Waals surface area (Å²) < 4.78 is 0. The van der Waals surface area contributed by atoms with Crippen LogP contribution in [0.1, 0.15) is 32.6 Å². The topological polar surface area (TPSA) is 41.5 Å². The number of unbranched alkanes of at least 4 members (excludes halogenated alkanes) is 1. The third-order valence-electron chi connectivity index (χ3n) is 1.99. The van der Waals surface area contributed by atoms with Crippen LogP contribution in [0.4, 0.5) is 0 Å². The van der Waals surface area contributed by atoms with Crippen LogP contribution in [-0.2, 0) is 4.79 Å². The summed E-state index contributed by atoms with van der Waals surface area (Å²) in [5.41, 5.74) is 0. The van der Waals surface area contributed by atoms with E-state index in [2.05, 4.69) is 17.2 Å². The minimum atomic E-state index is -0.00175. The number of nitrogens with one attached hydrogen (secondary N) is 1. The number of rotatable bonds is 3. The van der Waals surface area contributed by atoms with Crippen molar-refractivity contribution in [1.82, 2.24) is 5.32 Å². The molecule has 0 aliphatic carbocycles. The fourth-order valence-electron chi connectivity index (χ4n) is 1.27. The second-order valence-corrected chi connectivity index (χ2v) is 3.09. The summed E-state index contributed by atoms with van der Waals surface area (Å²) in [5, 5.41) is 3.12. The Bertz CT molecular complexity index is 171. The van der Waals surface area contributed by atoms with Crippen LogP contribution in [0, 0.1) is 0 Å². The molecule has 1 atom stereocenters. The van der Waals surface area contributed by atoms with Crippen molar-refractivity contribution in [1.29, 1.82) is 0 Å². The number of nitrogens with zero attached hydrogens (tertiary/aromatic N) is 1. The first-order valence-electron chi connectivity index (χ1n) is 4.64. The minimum Gasteiger partial charge on any atom is -0.306 e. The second-order valence-electron chi connectivity index (χ2n) is 3.09. The van der Waals surface area contributed by atoms with Crippen LogP contribution in [-0.4, -0.2) is 24.7 Å². The van der Waals surface area contributed by atoms with Crippen molar-refractivity contribution < 1.29 is 4.79 Å². The number of amides is 1. The van der Waals surface area contributed by atoms with Gasteiger partial charge in [0.15, 0.2) is 0 Å². The Labute approximate surface area is 73.3 Å². The van der Waals surface area contributed by atoms with Gasteiger partial charge in [-0.3, -0.25) is 4.79 Å². The van der Waals surface area contributed by atoms with Crippen molar-refractivity contribution in [2.75, 3.05) is 6.54 Å². The highest BCUT2D eigenvalue weighted by Crippen LogP contribution is 2.05. The zero-order valence-electron chi connectivity index (χ0n) is 7.55. The van der Waals surface area contributed by atoms with E-state index in [1.807, 2.05) is 0 Å². The molecule has 0 radical (unpaired) electrons. The van der Waals surface area contributed by atoms with Crippen molar-refractivity contribution in [2.24, 2.45) is 4.99 Å². The Kier molecular flexibility index (Phi) is 3.94. The number of aliphatic imine (C=N–C) groups is 1. The molecular weight excluding hydrogens is 152 g/mol. The molecule has 1 aliphatic rings. The van der Waals surface area contributed by atoms with Crippen molar-refractivity contribution in [3.8, 4) is 0 Å². The van der Waals surface area contributed by atoms with Gasteiger partial charge >= 0.3 is 0 Å². The molecule has 0 aromatic rings. The summed E-state index contributed by atoms with van der Waals surface area (Å²) in [5.74, 6) is 0.000880. The van der Waals surface area contributed by atoms with Crippen molar-refractivity contribution >= 4 is 12.1 Å². The lowest BCUT2D eigenvalue weighted by Gasteiger charge is -2.02. The molecule has 1 unspecified atom stereocenters. The Morgan fingerprint density at radius 2 is 2.58 bits per heavy atom. The average molecular weight is 168 g/mol. The van der Waals surface area contributed by atoms with Gasteiger partial charge in [0, 0.05) is 6.21 Å². The van der Waals surface area contributed by atoms with Crippen LogP contribution in [0.15, 0.2) is 4.99 Å². The van der Waals surface area contributed by atoms with Gasteiger partial charge in [0.1, 0.15) is 0 Å². The monoisotopic (exact) mass is 168 g/mol. The quantitative estimate of drug-likeness (QED) is 0.642. The van der Waals surface area contributed by atoms with E-state index in [1.165, 1.54) is 0 Å². The van der Waals surface area contributed by atoms with Gasteiger partial charge in [0.25, 0.3) is 5.91 Å². The van der Waals surface area contributed by atoms with Gasteiger partial charge in [0.05, 0.1) is 6.04 Å². The summed E-state index contributed by atoms with van der Waals surface area (Å²) in [4.78, 5) is 15.1. The maximum absolute atomic E-state index is 11.3. The van der Waals surface area contributed by atoms with E-state index >= 15 is 0 Å². The molecule has 0 aromatic carbocycles. The Morgan fingerprint density at radius 1 is 1.75 bits per heavy atom. The molecule has 0 bridgehead atoms. The summed E-state index contributed by atoms with van der Waals surface area (Å²) in [6.07, 6.45) is 5.72. The lowest BCUT2D eigenvalue weighted by Crippen LogP contribution is -2.29. The van der Waals surface area contributed by atoms with Crippen LogP contribution >= 0.6 is 0 Å². The molecule has 68 valence electrons. The zero-order valence-corrected chi connectivity index (χ0v) is 7.55. The maximum Gasteiger partial charge on any atom is 0.262 e. The van der Waals surface area contributed by atoms with Crippen LogP contribution in [0.3, 0.4) is 0 Å². The van der Waals surface area contributed by atoms with E-state index in [9.17, 15) is 4.79 Å². The first kappa shape index (κ1) is 9.39. The van der Waals surface area contributed by atoms with Crippen molar-refractivity contribution in [2.45, 2.75) is 38.6 Å². The second kappa shape index (κ2) is 5.04. The molecule has 1 heterocycles. The number of hydrogen-bond donors (Lipinski definition) is 1. The number of carbonyl (C=O) groups excluding carboxylic acids is 1. The van der Waals surface area contributed by atoms with E-state index in [0.717, 1.165) is 32.2 Å². The van der Waals surface area contributed by atoms with E-state index in [4.69, 9.17) is 0 Å². The SMILES string of the molecule is CCCC=NC(=O)C1CCCN1. The van der Waals surface area contributed by atoms with Gasteiger partial charge in [-0.2, -0.15) is 0 Å². The van der Waals surface area contributed by atoms with Crippen LogP contribution < -0.4 is 5.32 Å². The minimum absolute atomic E-state index is 0.000880. The van der Waals surface area contributed by atoms with E-state index in [-0.39, 0.29) is 11.9 Å². The van der Waals surface area contributed by atoms with E-state index < -0.39 is 0 Å². The molecule has 3 heteroatoms. The molecule has 0 saturated carbocycles. The fourth-order valence-corrected chi connectivity index (χ4v) is 1.27. The predicted molar refractivity (Wildman–Crippen MR) is 49.4 cm³/mol. The smallest absolute Gasteiger partial charge is 0.262 e. The highest BCUT2D eigenvalue weighted by atomic mass is 16.1. The van der Waals surface area contributed by atoms with Gasteiger partial charge in [-0.25, -0.2) is 4.99 Å². The third-order valence-corrected chi connectivity index (χ3v) is 1.99. The summed E-state index contributed by atoms with van der Waals surface area (Å²) >= 11 is 0. The largest absolute Gasteiger partial charge is 0.306 e. The fraction of sp³-hybridized carbons (Fsp3) is 0.778. The zero-order chi connectivity index (χ0) is 8.81. The van der Waals surface area contributed by atoms with Crippen molar-refractivity contribution in [3.63, 3.8) is 0 Å². The molecule has 1 aliphatic heterocycles. The number of hydrogen-bond acceptors (Lipinski definition) is 2. The summed E-state index contributed by atoms with van der Waals surface area (Å²) in [6.45, 7) is 3.03. The standard InChI is InChI=1S/C9H16N2O/c1-2-3-6-11-9(12)8-5-4-7-10-8/h6,8,10H,2-5,7H2,1H3. The molecule has 0 aromatic heterocycles. The Balaban J connectivity index is 2.26. The first-order chi connectivity index (χ1) is 5.84. The van der Waals surface area contributed by atoms with Gasteiger partial charge < -0.3 is 5.32 Å². The maximum atomic E-state index is 11.3. The third kappa shape index (κ3) is 2.74. The van der Waals surface area contributed by atoms with Crippen LogP contribution in [0.5, 0.6) is 0 Å². The Morgan fingerprint density at radius 3 is 3.17 bits per heavy atom. The van der Waals surface area contributed by atoms with Gasteiger partial charge in [0.2, 0.25) is 0 Å². The molecule has 1 fully saturated rings. The molecule has 1 rings (SSSR count). The molecule has 12 heavy (non-hydrogen) atoms.